The van der Waals surface area contributed by atoms with Crippen LogP contribution in [0.2, 0.25) is 0 Å². The van der Waals surface area contributed by atoms with Crippen LogP contribution in [-0.4, -0.2) is 26.8 Å². The van der Waals surface area contributed by atoms with E-state index in [1.807, 2.05) is 0 Å². The SMILES string of the molecule is CS(=O)(=O)NC1CC(NS)C1. The van der Waals surface area contributed by atoms with Gasteiger partial charge >= 0.3 is 0 Å². The molecule has 0 radical (unpaired) electrons. The summed E-state index contributed by atoms with van der Waals surface area (Å²) in [4.78, 5) is 0. The first-order valence-corrected chi connectivity index (χ1v) is 5.72. The van der Waals surface area contributed by atoms with Gasteiger partial charge in [0.05, 0.1) is 6.26 Å². The Bertz CT molecular complexity index is 221. The number of rotatable bonds is 3. The lowest BCUT2D eigenvalue weighted by Gasteiger charge is -2.34. The highest BCUT2D eigenvalue weighted by Crippen LogP contribution is 2.20. The van der Waals surface area contributed by atoms with Crippen LogP contribution in [0.5, 0.6) is 0 Å². The van der Waals surface area contributed by atoms with Gasteiger partial charge in [-0.05, 0) is 12.8 Å². The van der Waals surface area contributed by atoms with Gasteiger partial charge in [-0.15, -0.1) is 0 Å². The summed E-state index contributed by atoms with van der Waals surface area (Å²) in [5, 5.41) is 0. The lowest BCUT2D eigenvalue weighted by atomic mass is 9.89. The average Bonchev–Trinajstić information content (AvgIpc) is 1.75. The summed E-state index contributed by atoms with van der Waals surface area (Å²) in [5.41, 5.74) is 0. The Morgan fingerprint density at radius 2 is 1.91 bits per heavy atom. The summed E-state index contributed by atoms with van der Waals surface area (Å²) in [5.74, 6) is 0. The van der Waals surface area contributed by atoms with Gasteiger partial charge in [0.1, 0.15) is 0 Å². The van der Waals surface area contributed by atoms with Gasteiger partial charge in [0.15, 0.2) is 0 Å². The summed E-state index contributed by atoms with van der Waals surface area (Å²) < 4.78 is 26.7. The molecule has 2 N–H and O–H groups in total. The maximum Gasteiger partial charge on any atom is 0.208 e. The highest BCUT2D eigenvalue weighted by atomic mass is 32.2. The predicted molar refractivity (Wildman–Crippen MR) is 46.9 cm³/mol. The summed E-state index contributed by atoms with van der Waals surface area (Å²) >= 11 is 3.87. The molecule has 1 aliphatic rings. The smallest absolute Gasteiger partial charge is 0.208 e. The van der Waals surface area contributed by atoms with E-state index in [2.05, 4.69) is 22.3 Å². The first-order chi connectivity index (χ1) is 5.01. The van der Waals surface area contributed by atoms with Crippen LogP contribution in [0.3, 0.4) is 0 Å². The number of thiol groups is 1. The van der Waals surface area contributed by atoms with E-state index in [1.54, 1.807) is 0 Å². The van der Waals surface area contributed by atoms with Crippen molar-refractivity contribution in [2.24, 2.45) is 0 Å². The second-order valence-corrected chi connectivity index (χ2v) is 4.92. The van der Waals surface area contributed by atoms with Crippen LogP contribution in [0.4, 0.5) is 0 Å². The molecule has 11 heavy (non-hydrogen) atoms. The van der Waals surface area contributed by atoms with Gasteiger partial charge in [0.2, 0.25) is 10.0 Å². The van der Waals surface area contributed by atoms with E-state index >= 15 is 0 Å². The largest absolute Gasteiger partial charge is 0.264 e. The summed E-state index contributed by atoms with van der Waals surface area (Å²) in [6.45, 7) is 0. The Balaban J connectivity index is 2.24. The molecule has 0 atom stereocenters. The van der Waals surface area contributed by atoms with Crippen molar-refractivity contribution in [1.29, 1.82) is 0 Å². The van der Waals surface area contributed by atoms with Crippen molar-refractivity contribution in [3.63, 3.8) is 0 Å². The Morgan fingerprint density at radius 3 is 2.27 bits per heavy atom. The zero-order chi connectivity index (χ0) is 8.48. The first-order valence-electron chi connectivity index (χ1n) is 3.38. The third-order valence-electron chi connectivity index (χ3n) is 1.70. The minimum absolute atomic E-state index is 0.106. The first kappa shape index (κ1) is 9.31. The number of hydrogen-bond donors (Lipinski definition) is 3. The highest BCUT2D eigenvalue weighted by molar-refractivity contribution is 7.88. The molecule has 0 aromatic heterocycles. The fourth-order valence-corrected chi connectivity index (χ4v) is 2.13. The van der Waals surface area contributed by atoms with Crippen molar-refractivity contribution < 1.29 is 8.42 Å². The molecule has 0 bridgehead atoms. The van der Waals surface area contributed by atoms with E-state index in [1.165, 1.54) is 6.26 Å². The zero-order valence-corrected chi connectivity index (χ0v) is 7.95. The third kappa shape index (κ3) is 2.98. The Morgan fingerprint density at radius 1 is 1.36 bits per heavy atom. The summed E-state index contributed by atoms with van der Waals surface area (Å²) in [6, 6.07) is 0.465. The van der Waals surface area contributed by atoms with Crippen LogP contribution in [0.25, 0.3) is 0 Å². The fraction of sp³-hybridized carbons (Fsp3) is 1.00. The minimum atomic E-state index is -3.02. The molecule has 0 aromatic rings. The van der Waals surface area contributed by atoms with E-state index in [4.69, 9.17) is 0 Å². The van der Waals surface area contributed by atoms with E-state index in [0.717, 1.165) is 12.8 Å². The predicted octanol–water partition coefficient (Wildman–Crippen LogP) is -0.499. The molecule has 0 spiro atoms. The van der Waals surface area contributed by atoms with Crippen molar-refractivity contribution in [2.75, 3.05) is 6.26 Å². The van der Waals surface area contributed by atoms with Crippen LogP contribution in [0.1, 0.15) is 12.8 Å². The molecule has 0 aliphatic heterocycles. The van der Waals surface area contributed by atoms with Gasteiger partial charge in [-0.3, -0.25) is 4.72 Å². The molecule has 0 aromatic carbocycles. The van der Waals surface area contributed by atoms with Crippen molar-refractivity contribution in [2.45, 2.75) is 24.9 Å². The monoisotopic (exact) mass is 196 g/mol. The number of nitrogens with one attached hydrogen (secondary N) is 2. The molecule has 4 nitrogen and oxygen atoms in total. The molecule has 1 saturated carbocycles. The highest BCUT2D eigenvalue weighted by Gasteiger charge is 2.29. The van der Waals surface area contributed by atoms with Crippen LogP contribution in [-0.2, 0) is 10.0 Å². The number of sulfonamides is 1. The Kier molecular flexibility index (Phi) is 2.79. The van der Waals surface area contributed by atoms with Crippen molar-refractivity contribution >= 4 is 22.8 Å². The van der Waals surface area contributed by atoms with Gasteiger partial charge in [0, 0.05) is 12.1 Å². The maximum atomic E-state index is 10.7. The molecular weight excluding hydrogens is 184 g/mol. The normalized spacial score (nSPS) is 31.5. The molecule has 0 heterocycles. The lowest BCUT2D eigenvalue weighted by molar-refractivity contribution is 0.313. The molecule has 0 amide bonds. The molecule has 6 heteroatoms. The molecule has 1 rings (SSSR count). The van der Waals surface area contributed by atoms with Gasteiger partial charge in [-0.2, -0.15) is 0 Å². The van der Waals surface area contributed by atoms with E-state index < -0.39 is 10.0 Å². The molecule has 1 fully saturated rings. The van der Waals surface area contributed by atoms with Crippen LogP contribution in [0.15, 0.2) is 0 Å². The van der Waals surface area contributed by atoms with Crippen molar-refractivity contribution in [3.8, 4) is 0 Å². The van der Waals surface area contributed by atoms with E-state index in [-0.39, 0.29) is 6.04 Å². The molecule has 66 valence electrons. The average molecular weight is 196 g/mol. The molecule has 0 unspecified atom stereocenters. The van der Waals surface area contributed by atoms with Gasteiger partial charge in [-0.1, -0.05) is 12.8 Å². The summed E-state index contributed by atoms with van der Waals surface area (Å²) in [7, 11) is -3.02. The second kappa shape index (κ2) is 3.30. The quantitative estimate of drug-likeness (QED) is 0.533. The van der Waals surface area contributed by atoms with Crippen LogP contribution in [0, 0.1) is 0 Å². The van der Waals surface area contributed by atoms with Crippen molar-refractivity contribution in [3.05, 3.63) is 0 Å². The third-order valence-corrected chi connectivity index (χ3v) is 2.83. The van der Waals surface area contributed by atoms with Crippen molar-refractivity contribution in [1.82, 2.24) is 9.44 Å². The lowest BCUT2D eigenvalue weighted by Crippen LogP contribution is -2.50. The molecular formula is C5H12N2O2S2. The van der Waals surface area contributed by atoms with Gasteiger partial charge in [-0.25, -0.2) is 13.1 Å². The summed E-state index contributed by atoms with van der Waals surface area (Å²) in [6.07, 6.45) is 2.83. The topological polar surface area (TPSA) is 58.2 Å². The standard InChI is InChI=1S/C5H12N2O2S2/c1-11(8,9)7-5-2-4(3-5)6-10/h4-7,10H,2-3H2,1H3. The maximum absolute atomic E-state index is 10.7. The van der Waals surface area contributed by atoms with E-state index in [9.17, 15) is 8.42 Å². The van der Waals surface area contributed by atoms with E-state index in [0.29, 0.717) is 6.04 Å². The zero-order valence-electron chi connectivity index (χ0n) is 6.24. The fourth-order valence-electron chi connectivity index (χ4n) is 1.12. The van der Waals surface area contributed by atoms with Gasteiger partial charge < -0.3 is 0 Å². The Labute approximate surface area is 72.3 Å². The molecule has 1 aliphatic carbocycles. The van der Waals surface area contributed by atoms with Gasteiger partial charge in [0.25, 0.3) is 0 Å². The second-order valence-electron chi connectivity index (χ2n) is 2.88. The minimum Gasteiger partial charge on any atom is -0.264 e. The van der Waals surface area contributed by atoms with Crippen LogP contribution >= 0.6 is 12.8 Å². The Hall–Kier alpha value is 0.220. The van der Waals surface area contributed by atoms with Crippen LogP contribution < -0.4 is 9.44 Å². The molecule has 0 saturated heterocycles. The number of hydrogen-bond acceptors (Lipinski definition) is 4.